The Morgan fingerprint density at radius 2 is 2.15 bits per heavy atom. The van der Waals surface area contributed by atoms with Gasteiger partial charge in [0, 0.05) is 52.9 Å². The van der Waals surface area contributed by atoms with E-state index in [4.69, 9.17) is 9.47 Å². The van der Waals surface area contributed by atoms with Crippen molar-refractivity contribution in [3.05, 3.63) is 35.9 Å². The number of amides is 3. The van der Waals surface area contributed by atoms with Crippen LogP contribution in [0.2, 0.25) is 0 Å². The van der Waals surface area contributed by atoms with Crippen LogP contribution in [0.1, 0.15) is 24.8 Å². The summed E-state index contributed by atoms with van der Waals surface area (Å²) >= 11 is 0. The molecular formula is C20H29N3O4. The maximum Gasteiger partial charge on any atom is 0.317 e. The molecule has 7 nitrogen and oxygen atoms in total. The third kappa shape index (κ3) is 4.78. The summed E-state index contributed by atoms with van der Waals surface area (Å²) in [7, 11) is 1.65. The molecular weight excluding hydrogens is 346 g/mol. The molecule has 2 saturated heterocycles. The third-order valence-electron chi connectivity index (χ3n) is 5.31. The Bertz CT molecular complexity index is 631. The minimum atomic E-state index is -0.451. The monoisotopic (exact) mass is 375 g/mol. The summed E-state index contributed by atoms with van der Waals surface area (Å²) in [5.74, 6) is 0.0824. The summed E-state index contributed by atoms with van der Waals surface area (Å²) in [5, 5.41) is 2.94. The number of nitrogens with zero attached hydrogens (tertiary/aromatic N) is 2. The zero-order valence-electron chi connectivity index (χ0n) is 16.0. The fourth-order valence-electron chi connectivity index (χ4n) is 3.80. The van der Waals surface area contributed by atoms with Gasteiger partial charge < -0.3 is 24.6 Å². The first-order valence-corrected chi connectivity index (χ1v) is 9.58. The van der Waals surface area contributed by atoms with Gasteiger partial charge in [0.2, 0.25) is 5.91 Å². The molecule has 1 spiro atoms. The van der Waals surface area contributed by atoms with Gasteiger partial charge in [0.1, 0.15) is 0 Å². The quantitative estimate of drug-likeness (QED) is 0.767. The number of ether oxygens (including phenoxy) is 2. The molecule has 3 rings (SSSR count). The molecule has 0 aliphatic carbocycles. The maximum absolute atomic E-state index is 12.9. The van der Waals surface area contributed by atoms with Gasteiger partial charge in [-0.25, -0.2) is 4.79 Å². The van der Waals surface area contributed by atoms with Crippen molar-refractivity contribution in [3.8, 4) is 0 Å². The molecule has 2 aliphatic rings. The van der Waals surface area contributed by atoms with Crippen molar-refractivity contribution in [1.82, 2.24) is 15.1 Å². The Balaban J connectivity index is 1.72. The normalized spacial score (nSPS) is 22.9. The van der Waals surface area contributed by atoms with Crippen LogP contribution in [0.25, 0.3) is 0 Å². The van der Waals surface area contributed by atoms with Crippen molar-refractivity contribution in [1.29, 1.82) is 0 Å². The summed E-state index contributed by atoms with van der Waals surface area (Å²) in [6.45, 7) is 3.74. The molecule has 3 amide bonds. The SMILES string of the molecule is COCCCNC(=O)N1CCC(=O)N(Cc2ccccc2)C2(CCOC2)C1. The van der Waals surface area contributed by atoms with Gasteiger partial charge in [-0.3, -0.25) is 4.79 Å². The van der Waals surface area contributed by atoms with Crippen LogP contribution in [0.3, 0.4) is 0 Å². The average molecular weight is 375 g/mol. The van der Waals surface area contributed by atoms with Gasteiger partial charge in [-0.15, -0.1) is 0 Å². The highest BCUT2D eigenvalue weighted by Crippen LogP contribution is 2.32. The summed E-state index contributed by atoms with van der Waals surface area (Å²) in [6.07, 6.45) is 1.85. The average Bonchev–Trinajstić information content (AvgIpc) is 3.11. The lowest BCUT2D eigenvalue weighted by Crippen LogP contribution is -2.57. The Morgan fingerprint density at radius 3 is 2.85 bits per heavy atom. The van der Waals surface area contributed by atoms with Gasteiger partial charge in [0.05, 0.1) is 12.1 Å². The van der Waals surface area contributed by atoms with Crippen molar-refractivity contribution in [2.45, 2.75) is 31.3 Å². The van der Waals surface area contributed by atoms with Crippen LogP contribution in [0.4, 0.5) is 4.79 Å². The summed E-state index contributed by atoms with van der Waals surface area (Å²) in [6, 6.07) is 9.87. The van der Waals surface area contributed by atoms with Crippen LogP contribution in [-0.4, -0.2) is 73.8 Å². The number of benzene rings is 1. The number of carbonyl (C=O) groups excluding carboxylic acids is 2. The number of rotatable bonds is 6. The fraction of sp³-hybridized carbons (Fsp3) is 0.600. The van der Waals surface area contributed by atoms with Crippen molar-refractivity contribution in [3.63, 3.8) is 0 Å². The highest BCUT2D eigenvalue weighted by atomic mass is 16.5. The number of hydrogen-bond donors (Lipinski definition) is 1. The molecule has 2 heterocycles. The molecule has 2 fully saturated rings. The highest BCUT2D eigenvalue weighted by molar-refractivity contribution is 5.80. The molecule has 1 N–H and O–H groups in total. The molecule has 2 aliphatic heterocycles. The largest absolute Gasteiger partial charge is 0.385 e. The van der Waals surface area contributed by atoms with Crippen molar-refractivity contribution >= 4 is 11.9 Å². The zero-order valence-corrected chi connectivity index (χ0v) is 16.0. The molecule has 0 aromatic heterocycles. The molecule has 148 valence electrons. The predicted molar refractivity (Wildman–Crippen MR) is 101 cm³/mol. The summed E-state index contributed by atoms with van der Waals surface area (Å²) in [4.78, 5) is 29.3. The van der Waals surface area contributed by atoms with Gasteiger partial charge in [0.25, 0.3) is 0 Å². The van der Waals surface area contributed by atoms with E-state index in [0.717, 1.165) is 18.4 Å². The molecule has 0 saturated carbocycles. The second kappa shape index (κ2) is 9.19. The molecule has 0 radical (unpaired) electrons. The number of urea groups is 1. The van der Waals surface area contributed by atoms with E-state index in [9.17, 15) is 9.59 Å². The standard InChI is InChI=1S/C20H29N3O4/c1-26-12-5-10-21-19(25)22-11-8-18(24)23(14-17-6-3-2-4-7-17)20(15-22)9-13-27-16-20/h2-4,6-7H,5,8-16H2,1H3,(H,21,25). The summed E-state index contributed by atoms with van der Waals surface area (Å²) < 4.78 is 10.7. The van der Waals surface area contributed by atoms with E-state index in [2.05, 4.69) is 5.32 Å². The van der Waals surface area contributed by atoms with E-state index in [1.807, 2.05) is 35.2 Å². The van der Waals surface area contributed by atoms with Crippen LogP contribution >= 0.6 is 0 Å². The molecule has 1 unspecified atom stereocenters. The molecule has 0 bridgehead atoms. The lowest BCUT2D eigenvalue weighted by Gasteiger charge is -2.40. The van der Waals surface area contributed by atoms with Gasteiger partial charge in [0.15, 0.2) is 0 Å². The van der Waals surface area contributed by atoms with Crippen molar-refractivity contribution in [2.75, 3.05) is 46.6 Å². The first-order chi connectivity index (χ1) is 13.1. The second-order valence-electron chi connectivity index (χ2n) is 7.24. The van der Waals surface area contributed by atoms with E-state index in [-0.39, 0.29) is 11.9 Å². The second-order valence-corrected chi connectivity index (χ2v) is 7.24. The van der Waals surface area contributed by atoms with Gasteiger partial charge >= 0.3 is 6.03 Å². The third-order valence-corrected chi connectivity index (χ3v) is 5.31. The van der Waals surface area contributed by atoms with Crippen LogP contribution in [0.15, 0.2) is 30.3 Å². The lowest BCUT2D eigenvalue weighted by molar-refractivity contribution is -0.137. The van der Waals surface area contributed by atoms with E-state index in [1.54, 1.807) is 12.0 Å². The first-order valence-electron chi connectivity index (χ1n) is 9.58. The van der Waals surface area contributed by atoms with E-state index in [1.165, 1.54) is 0 Å². The first kappa shape index (κ1) is 19.6. The maximum atomic E-state index is 12.9. The van der Waals surface area contributed by atoms with E-state index in [0.29, 0.717) is 52.4 Å². The van der Waals surface area contributed by atoms with Crippen molar-refractivity contribution < 1.29 is 19.1 Å². The Hall–Kier alpha value is -2.12. The molecule has 1 atom stereocenters. The summed E-state index contributed by atoms with van der Waals surface area (Å²) in [5.41, 5.74) is 0.641. The fourth-order valence-corrected chi connectivity index (χ4v) is 3.80. The van der Waals surface area contributed by atoms with Gasteiger partial charge in [-0.05, 0) is 18.4 Å². The number of methoxy groups -OCH3 is 1. The topological polar surface area (TPSA) is 71.1 Å². The predicted octanol–water partition coefficient (Wildman–Crippen LogP) is 1.63. The smallest absolute Gasteiger partial charge is 0.317 e. The minimum Gasteiger partial charge on any atom is -0.385 e. The van der Waals surface area contributed by atoms with E-state index >= 15 is 0 Å². The van der Waals surface area contributed by atoms with Crippen LogP contribution in [-0.2, 0) is 20.8 Å². The Labute approximate surface area is 160 Å². The van der Waals surface area contributed by atoms with Crippen LogP contribution in [0, 0.1) is 0 Å². The molecule has 1 aromatic carbocycles. The molecule has 1 aromatic rings. The number of hydrogen-bond acceptors (Lipinski definition) is 4. The molecule has 7 heteroatoms. The van der Waals surface area contributed by atoms with E-state index < -0.39 is 5.54 Å². The lowest BCUT2D eigenvalue weighted by atomic mass is 9.94. The highest BCUT2D eigenvalue weighted by Gasteiger charge is 2.46. The van der Waals surface area contributed by atoms with Crippen LogP contribution in [0.5, 0.6) is 0 Å². The van der Waals surface area contributed by atoms with Crippen molar-refractivity contribution in [2.24, 2.45) is 0 Å². The zero-order chi connectivity index (χ0) is 19.1. The number of carbonyl (C=O) groups is 2. The van der Waals surface area contributed by atoms with Gasteiger partial charge in [-0.1, -0.05) is 30.3 Å². The Morgan fingerprint density at radius 1 is 1.33 bits per heavy atom. The Kier molecular flexibility index (Phi) is 6.68. The number of nitrogens with one attached hydrogen (secondary N) is 1. The minimum absolute atomic E-state index is 0.0824. The van der Waals surface area contributed by atoms with Gasteiger partial charge in [-0.2, -0.15) is 0 Å². The molecule has 27 heavy (non-hydrogen) atoms. The van der Waals surface area contributed by atoms with Crippen LogP contribution < -0.4 is 5.32 Å².